The van der Waals surface area contributed by atoms with Crippen LogP contribution in [0.3, 0.4) is 0 Å². The number of fused-ring (bicyclic) bond motifs is 1. The second kappa shape index (κ2) is 7.56. The molecule has 0 saturated heterocycles. The van der Waals surface area contributed by atoms with Gasteiger partial charge in [0.15, 0.2) is 0 Å². The fraction of sp³-hybridized carbons (Fsp3) is 0.286. The van der Waals surface area contributed by atoms with E-state index in [0.29, 0.717) is 25.5 Å². The van der Waals surface area contributed by atoms with Crippen LogP contribution in [0.2, 0.25) is 0 Å². The molecule has 4 rings (SSSR count). The molecule has 0 unspecified atom stereocenters. The number of phenols is 1. The predicted molar refractivity (Wildman–Crippen MR) is 106 cm³/mol. The first-order chi connectivity index (χ1) is 13.9. The zero-order valence-electron chi connectivity index (χ0n) is 16.2. The van der Waals surface area contributed by atoms with E-state index in [-0.39, 0.29) is 17.9 Å². The number of benzene rings is 2. The van der Waals surface area contributed by atoms with Gasteiger partial charge >= 0.3 is 11.8 Å². The Morgan fingerprint density at radius 1 is 1.24 bits per heavy atom. The van der Waals surface area contributed by atoms with E-state index in [9.17, 15) is 15.2 Å². The highest BCUT2D eigenvalue weighted by Gasteiger charge is 2.28. The molecular weight excluding hydrogens is 374 g/mol. The lowest BCUT2D eigenvalue weighted by Gasteiger charge is -2.22. The van der Waals surface area contributed by atoms with E-state index in [1.807, 2.05) is 50.2 Å². The molecule has 0 amide bonds. The summed E-state index contributed by atoms with van der Waals surface area (Å²) in [6.45, 7) is 4.95. The number of phenolic OH excluding ortho intramolecular Hbond substituents is 1. The van der Waals surface area contributed by atoms with Crippen molar-refractivity contribution in [3.63, 3.8) is 0 Å². The van der Waals surface area contributed by atoms with Crippen LogP contribution in [-0.4, -0.2) is 32.3 Å². The van der Waals surface area contributed by atoms with Crippen LogP contribution in [0.4, 0.5) is 5.82 Å². The minimum absolute atomic E-state index is 0.210. The number of nitro groups is 1. The van der Waals surface area contributed by atoms with Gasteiger partial charge in [-0.1, -0.05) is 24.3 Å². The Balaban J connectivity index is 1.39. The summed E-state index contributed by atoms with van der Waals surface area (Å²) >= 11 is 0. The van der Waals surface area contributed by atoms with Crippen LogP contribution < -0.4 is 4.74 Å². The third-order valence-corrected chi connectivity index (χ3v) is 4.98. The first kappa shape index (κ1) is 18.9. The van der Waals surface area contributed by atoms with Crippen molar-refractivity contribution in [2.24, 2.45) is 0 Å². The van der Waals surface area contributed by atoms with Crippen LogP contribution in [0.15, 0.2) is 42.6 Å². The number of ether oxygens (including phenoxy) is 2. The lowest BCUT2D eigenvalue weighted by molar-refractivity contribution is -0.389. The lowest BCUT2D eigenvalue weighted by Crippen LogP contribution is -2.32. The molecule has 0 radical (unpaired) electrons. The Bertz CT molecular complexity index is 1040. The second-order valence-corrected chi connectivity index (χ2v) is 7.19. The standard InChI is InChI=1S/C21H21N3O5/c1-13-7-17(8-14(2)20(13)25)16-5-3-15(4-6-16)11-28-18-9-23-10-19(24(26)27)22-21(23)29-12-18/h3-8,10,18,25H,9,11-12H2,1-2H3/t18-/m0/s1. The van der Waals surface area contributed by atoms with Crippen LogP contribution in [0.25, 0.3) is 11.1 Å². The van der Waals surface area contributed by atoms with Crippen molar-refractivity contribution in [2.45, 2.75) is 33.1 Å². The lowest BCUT2D eigenvalue weighted by atomic mass is 9.99. The second-order valence-electron chi connectivity index (χ2n) is 7.19. The highest BCUT2D eigenvalue weighted by Crippen LogP contribution is 2.29. The average Bonchev–Trinajstić information content (AvgIpc) is 3.14. The minimum atomic E-state index is -0.539. The first-order valence-corrected chi connectivity index (χ1v) is 9.26. The maximum Gasteiger partial charge on any atom is 0.414 e. The third kappa shape index (κ3) is 3.93. The fourth-order valence-corrected chi connectivity index (χ4v) is 3.39. The van der Waals surface area contributed by atoms with Gasteiger partial charge in [-0.3, -0.25) is 4.57 Å². The Morgan fingerprint density at radius 2 is 1.93 bits per heavy atom. The van der Waals surface area contributed by atoms with E-state index in [1.54, 1.807) is 4.57 Å². The zero-order valence-corrected chi connectivity index (χ0v) is 16.2. The molecule has 150 valence electrons. The van der Waals surface area contributed by atoms with Gasteiger partial charge in [-0.25, -0.2) is 0 Å². The predicted octanol–water partition coefficient (Wildman–Crippen LogP) is 3.76. The molecule has 8 heteroatoms. The largest absolute Gasteiger partial charge is 0.507 e. The van der Waals surface area contributed by atoms with Crippen molar-refractivity contribution in [1.29, 1.82) is 0 Å². The summed E-state index contributed by atoms with van der Waals surface area (Å²) in [5, 5.41) is 20.8. The SMILES string of the molecule is Cc1cc(-c2ccc(CO[C@@H]3COc4nc([N+](=O)[O-])cn4C3)cc2)cc(C)c1O. The molecule has 2 aromatic carbocycles. The van der Waals surface area contributed by atoms with Gasteiger partial charge in [0.05, 0.1) is 13.2 Å². The number of aryl methyl sites for hydroxylation is 2. The first-order valence-electron chi connectivity index (χ1n) is 9.26. The number of rotatable bonds is 5. The number of aromatic nitrogens is 2. The topological polar surface area (TPSA) is 99.6 Å². The highest BCUT2D eigenvalue weighted by molar-refractivity contribution is 5.67. The van der Waals surface area contributed by atoms with Crippen LogP contribution >= 0.6 is 0 Å². The Morgan fingerprint density at radius 3 is 2.59 bits per heavy atom. The van der Waals surface area contributed by atoms with Gasteiger partial charge in [0.2, 0.25) is 0 Å². The number of aromatic hydroxyl groups is 1. The molecule has 8 nitrogen and oxygen atoms in total. The molecule has 0 bridgehead atoms. The van der Waals surface area contributed by atoms with Crippen molar-refractivity contribution in [3.8, 4) is 22.9 Å². The highest BCUT2D eigenvalue weighted by atomic mass is 16.6. The van der Waals surface area contributed by atoms with Gasteiger partial charge in [0, 0.05) is 4.98 Å². The molecule has 0 aliphatic carbocycles. The summed E-state index contributed by atoms with van der Waals surface area (Å²) < 4.78 is 13.0. The molecule has 2 heterocycles. The molecule has 0 fully saturated rings. The van der Waals surface area contributed by atoms with Gasteiger partial charge < -0.3 is 24.7 Å². The number of hydrogen-bond acceptors (Lipinski definition) is 6. The number of imidazole rings is 1. The summed E-state index contributed by atoms with van der Waals surface area (Å²) in [5.74, 6) is 0.107. The summed E-state index contributed by atoms with van der Waals surface area (Å²) in [7, 11) is 0. The molecule has 3 aromatic rings. The van der Waals surface area contributed by atoms with Gasteiger partial charge in [-0.15, -0.1) is 0 Å². The smallest absolute Gasteiger partial charge is 0.414 e. The summed E-state index contributed by atoms with van der Waals surface area (Å²) in [6.07, 6.45) is 1.15. The maximum absolute atomic E-state index is 10.8. The van der Waals surface area contributed by atoms with Gasteiger partial charge in [0.1, 0.15) is 24.7 Å². The Hall–Kier alpha value is -3.39. The van der Waals surface area contributed by atoms with Crippen molar-refractivity contribution in [1.82, 2.24) is 9.55 Å². The monoisotopic (exact) mass is 395 g/mol. The van der Waals surface area contributed by atoms with Gasteiger partial charge in [-0.05, 0) is 58.7 Å². The number of nitrogens with zero attached hydrogens (tertiary/aromatic N) is 3. The Labute approximate surface area is 167 Å². The van der Waals surface area contributed by atoms with E-state index in [4.69, 9.17) is 9.47 Å². The maximum atomic E-state index is 10.8. The number of hydrogen-bond donors (Lipinski definition) is 1. The van der Waals surface area contributed by atoms with Crippen molar-refractivity contribution >= 4 is 5.82 Å². The Kier molecular flexibility index (Phi) is 4.94. The average molecular weight is 395 g/mol. The third-order valence-electron chi connectivity index (χ3n) is 4.98. The molecule has 0 spiro atoms. The van der Waals surface area contributed by atoms with Crippen LogP contribution in [-0.2, 0) is 17.9 Å². The summed E-state index contributed by atoms with van der Waals surface area (Å²) in [6, 6.07) is 12.2. The fourth-order valence-electron chi connectivity index (χ4n) is 3.39. The van der Waals surface area contributed by atoms with Crippen molar-refractivity contribution in [3.05, 3.63) is 69.4 Å². The van der Waals surface area contributed by atoms with Crippen molar-refractivity contribution in [2.75, 3.05) is 6.61 Å². The normalized spacial score (nSPS) is 15.6. The molecule has 1 atom stereocenters. The molecule has 1 aliphatic heterocycles. The van der Waals surface area contributed by atoms with E-state index >= 15 is 0 Å². The quantitative estimate of drug-likeness (QED) is 0.522. The van der Waals surface area contributed by atoms with E-state index in [0.717, 1.165) is 27.8 Å². The van der Waals surface area contributed by atoms with Crippen LogP contribution in [0.1, 0.15) is 16.7 Å². The van der Waals surface area contributed by atoms with Crippen LogP contribution in [0.5, 0.6) is 11.8 Å². The van der Waals surface area contributed by atoms with E-state index in [1.165, 1.54) is 6.20 Å². The zero-order chi connectivity index (χ0) is 20.5. The molecule has 0 saturated carbocycles. The molecule has 1 aromatic heterocycles. The molecule has 1 aliphatic rings. The van der Waals surface area contributed by atoms with Gasteiger partial charge in [0.25, 0.3) is 0 Å². The van der Waals surface area contributed by atoms with E-state index < -0.39 is 4.92 Å². The van der Waals surface area contributed by atoms with Crippen LogP contribution in [0, 0.1) is 24.0 Å². The minimum Gasteiger partial charge on any atom is -0.507 e. The molecule has 1 N–H and O–H groups in total. The molecular formula is C21H21N3O5. The van der Waals surface area contributed by atoms with Crippen molar-refractivity contribution < 1.29 is 19.5 Å². The molecule has 29 heavy (non-hydrogen) atoms. The summed E-state index contributed by atoms with van der Waals surface area (Å²) in [5.41, 5.74) is 4.84. The summed E-state index contributed by atoms with van der Waals surface area (Å²) in [4.78, 5) is 14.1. The van der Waals surface area contributed by atoms with Gasteiger partial charge in [-0.2, -0.15) is 0 Å². The van der Waals surface area contributed by atoms with E-state index in [2.05, 4.69) is 4.98 Å².